The van der Waals surface area contributed by atoms with Gasteiger partial charge in [-0.05, 0) is 92.3 Å². The molecule has 5 rings (SSSR count). The molecule has 3 aromatic carbocycles. The normalized spacial score (nSPS) is 15.0. The molecular weight excluding hydrogens is 628 g/mol. The van der Waals surface area contributed by atoms with E-state index in [9.17, 15) is 9.59 Å². The lowest BCUT2D eigenvalue weighted by molar-refractivity contribution is -0.139. The Labute approximate surface area is 284 Å². The minimum absolute atomic E-state index is 0.205. The number of nitrogens with zero attached hydrogens (tertiary/aromatic N) is 2. The molecule has 9 nitrogen and oxygen atoms in total. The Morgan fingerprint density at radius 2 is 1.62 bits per heavy atom. The van der Waals surface area contributed by atoms with Gasteiger partial charge in [0.2, 0.25) is 0 Å². The number of thiazole rings is 1. The van der Waals surface area contributed by atoms with Crippen LogP contribution in [0.5, 0.6) is 23.0 Å². The fraction of sp³-hybridized carbons (Fsp3) is 0.342. The molecule has 1 aromatic heterocycles. The number of benzene rings is 3. The highest BCUT2D eigenvalue weighted by atomic mass is 32.1. The maximum Gasteiger partial charge on any atom is 0.338 e. The van der Waals surface area contributed by atoms with Gasteiger partial charge in [0, 0.05) is 0 Å². The molecule has 0 radical (unpaired) electrons. The van der Waals surface area contributed by atoms with Crippen molar-refractivity contribution in [1.82, 2.24) is 4.57 Å². The van der Waals surface area contributed by atoms with Gasteiger partial charge in [-0.1, -0.05) is 55.5 Å². The van der Waals surface area contributed by atoms with Crippen molar-refractivity contribution in [3.05, 3.63) is 114 Å². The Kier molecular flexibility index (Phi) is 11.4. The first-order valence-electron chi connectivity index (χ1n) is 16.2. The van der Waals surface area contributed by atoms with Gasteiger partial charge < -0.3 is 23.7 Å². The number of methoxy groups -OCH3 is 1. The van der Waals surface area contributed by atoms with Gasteiger partial charge in [0.15, 0.2) is 16.3 Å². The first-order valence-corrected chi connectivity index (χ1v) is 17.1. The van der Waals surface area contributed by atoms with Crippen LogP contribution in [0.15, 0.2) is 87.8 Å². The van der Waals surface area contributed by atoms with Gasteiger partial charge in [-0.2, -0.15) is 0 Å². The standard InChI is InChI=1S/C38H42N2O7S/c1-7-24(4)27-11-17-30(18-12-27)46-20-21-47-31-19-10-26(22-32(31)44-8-2)23-33-36(41)40-35(28-13-15-29(43-6)16-14-28)34(37(42)45-9-3)25(5)39-38(40)48-33/h10-19,22-24,35H,7-9,20-21H2,1-6H3/b33-23+. The Hall–Kier alpha value is -4.83. The van der Waals surface area contributed by atoms with Crippen LogP contribution in [0.2, 0.25) is 0 Å². The first-order chi connectivity index (χ1) is 23.3. The van der Waals surface area contributed by atoms with E-state index in [1.54, 1.807) is 43.7 Å². The van der Waals surface area contributed by atoms with Crippen molar-refractivity contribution in [3.8, 4) is 23.0 Å². The van der Waals surface area contributed by atoms with Gasteiger partial charge in [-0.3, -0.25) is 9.36 Å². The third kappa shape index (κ3) is 7.65. The first kappa shape index (κ1) is 34.5. The van der Waals surface area contributed by atoms with Crippen molar-refractivity contribution in [2.75, 3.05) is 33.5 Å². The highest BCUT2D eigenvalue weighted by Gasteiger charge is 2.33. The fourth-order valence-electron chi connectivity index (χ4n) is 5.49. The van der Waals surface area contributed by atoms with Crippen molar-refractivity contribution in [2.24, 2.45) is 4.99 Å². The summed E-state index contributed by atoms with van der Waals surface area (Å²) in [7, 11) is 1.59. The molecule has 4 aromatic rings. The van der Waals surface area contributed by atoms with Crippen LogP contribution in [-0.4, -0.2) is 44.1 Å². The summed E-state index contributed by atoms with van der Waals surface area (Å²) in [5, 5.41) is 0. The molecule has 0 spiro atoms. The zero-order valence-electron chi connectivity index (χ0n) is 28.3. The second kappa shape index (κ2) is 15.8. The number of carbonyl (C=O) groups excluding carboxylic acids is 1. The molecule has 1 aliphatic heterocycles. The van der Waals surface area contributed by atoms with E-state index >= 15 is 0 Å². The SMILES string of the molecule is CCOC(=O)C1=C(C)N=c2s/c(=C/c3ccc(OCCOc4ccc(C(C)CC)cc4)c(OCC)c3)c(=O)n2C1c1ccc(OC)cc1. The molecule has 0 saturated heterocycles. The average Bonchev–Trinajstić information content (AvgIpc) is 3.40. The molecule has 0 N–H and O–H groups in total. The molecule has 2 heterocycles. The minimum atomic E-state index is -0.705. The number of carbonyl (C=O) groups is 1. The fourth-order valence-corrected chi connectivity index (χ4v) is 6.53. The second-order valence-electron chi connectivity index (χ2n) is 11.3. The predicted molar refractivity (Wildman–Crippen MR) is 187 cm³/mol. The largest absolute Gasteiger partial charge is 0.497 e. The maximum atomic E-state index is 14.0. The lowest BCUT2D eigenvalue weighted by Gasteiger charge is -2.24. The highest BCUT2D eigenvalue weighted by Crippen LogP contribution is 2.32. The molecule has 0 amide bonds. The van der Waals surface area contributed by atoms with Crippen LogP contribution in [0.1, 0.15) is 69.7 Å². The monoisotopic (exact) mass is 670 g/mol. The Morgan fingerprint density at radius 3 is 2.29 bits per heavy atom. The zero-order valence-corrected chi connectivity index (χ0v) is 29.1. The number of allylic oxidation sites excluding steroid dienone is 1. The number of rotatable bonds is 14. The Bertz CT molecular complexity index is 1940. The van der Waals surface area contributed by atoms with Crippen molar-refractivity contribution >= 4 is 23.4 Å². The van der Waals surface area contributed by atoms with Gasteiger partial charge in [-0.25, -0.2) is 9.79 Å². The molecule has 1 aliphatic rings. The van der Waals surface area contributed by atoms with E-state index < -0.39 is 12.0 Å². The number of aromatic nitrogens is 1. The van der Waals surface area contributed by atoms with E-state index in [-0.39, 0.29) is 12.2 Å². The maximum absolute atomic E-state index is 14.0. The Balaban J connectivity index is 1.40. The number of hydrogen-bond acceptors (Lipinski definition) is 9. The zero-order chi connectivity index (χ0) is 34.2. The number of fused-ring (bicyclic) bond motifs is 1. The van der Waals surface area contributed by atoms with Crippen LogP contribution in [0.3, 0.4) is 0 Å². The Morgan fingerprint density at radius 1 is 0.917 bits per heavy atom. The van der Waals surface area contributed by atoms with Crippen LogP contribution in [-0.2, 0) is 9.53 Å². The van der Waals surface area contributed by atoms with Gasteiger partial charge in [0.25, 0.3) is 5.56 Å². The summed E-state index contributed by atoms with van der Waals surface area (Å²) < 4.78 is 30.6. The summed E-state index contributed by atoms with van der Waals surface area (Å²) >= 11 is 1.26. The molecular formula is C38H42N2O7S. The highest BCUT2D eigenvalue weighted by molar-refractivity contribution is 7.07. The molecule has 0 saturated carbocycles. The predicted octanol–water partition coefficient (Wildman–Crippen LogP) is 6.18. The summed E-state index contributed by atoms with van der Waals surface area (Å²) in [6, 6.07) is 20.3. The molecule has 48 heavy (non-hydrogen) atoms. The smallest absolute Gasteiger partial charge is 0.338 e. The third-order valence-corrected chi connectivity index (χ3v) is 9.17. The van der Waals surface area contributed by atoms with Crippen LogP contribution < -0.4 is 33.8 Å². The van der Waals surface area contributed by atoms with Gasteiger partial charge in [0.1, 0.15) is 24.7 Å². The molecule has 2 atom stereocenters. The summed E-state index contributed by atoms with van der Waals surface area (Å²) in [5.74, 6) is 2.62. The molecule has 10 heteroatoms. The second-order valence-corrected chi connectivity index (χ2v) is 12.3. The van der Waals surface area contributed by atoms with E-state index in [4.69, 9.17) is 23.7 Å². The third-order valence-electron chi connectivity index (χ3n) is 8.19. The van der Waals surface area contributed by atoms with Crippen molar-refractivity contribution < 1.29 is 28.5 Å². The van der Waals surface area contributed by atoms with E-state index in [0.717, 1.165) is 23.3 Å². The summed E-state index contributed by atoms with van der Waals surface area (Å²) in [6.45, 7) is 11.2. The van der Waals surface area contributed by atoms with E-state index in [1.165, 1.54) is 16.9 Å². The summed E-state index contributed by atoms with van der Waals surface area (Å²) in [6.07, 6.45) is 2.89. The number of hydrogen-bond donors (Lipinski definition) is 0. The van der Waals surface area contributed by atoms with E-state index in [0.29, 0.717) is 63.6 Å². The molecule has 0 aliphatic carbocycles. The molecule has 252 valence electrons. The summed E-state index contributed by atoms with van der Waals surface area (Å²) in [4.78, 5) is 32.3. The minimum Gasteiger partial charge on any atom is -0.497 e. The van der Waals surface area contributed by atoms with Gasteiger partial charge in [-0.15, -0.1) is 0 Å². The van der Waals surface area contributed by atoms with E-state index in [2.05, 4.69) is 31.0 Å². The topological polar surface area (TPSA) is 97.6 Å². The van der Waals surface area contributed by atoms with Crippen molar-refractivity contribution in [1.29, 1.82) is 0 Å². The van der Waals surface area contributed by atoms with Crippen LogP contribution in [0, 0.1) is 0 Å². The lowest BCUT2D eigenvalue weighted by atomic mass is 9.96. The summed E-state index contributed by atoms with van der Waals surface area (Å²) in [5.41, 5.74) is 3.37. The van der Waals surface area contributed by atoms with Crippen LogP contribution in [0.25, 0.3) is 6.08 Å². The molecule has 2 unspecified atom stereocenters. The molecule has 0 fully saturated rings. The quantitative estimate of drug-likeness (QED) is 0.117. The van der Waals surface area contributed by atoms with Crippen molar-refractivity contribution in [3.63, 3.8) is 0 Å². The van der Waals surface area contributed by atoms with Crippen LogP contribution in [0.4, 0.5) is 0 Å². The van der Waals surface area contributed by atoms with Crippen molar-refractivity contribution in [2.45, 2.75) is 53.0 Å². The average molecular weight is 671 g/mol. The lowest BCUT2D eigenvalue weighted by Crippen LogP contribution is -2.39. The van der Waals surface area contributed by atoms with Crippen LogP contribution >= 0.6 is 11.3 Å². The van der Waals surface area contributed by atoms with E-state index in [1.807, 2.05) is 49.4 Å². The molecule has 0 bridgehead atoms. The van der Waals surface area contributed by atoms with Gasteiger partial charge in [0.05, 0.1) is 42.2 Å². The number of esters is 1. The number of ether oxygens (including phenoxy) is 5. The van der Waals surface area contributed by atoms with Gasteiger partial charge >= 0.3 is 5.97 Å².